The van der Waals surface area contributed by atoms with E-state index in [4.69, 9.17) is 10.5 Å². The van der Waals surface area contributed by atoms with Gasteiger partial charge in [-0.2, -0.15) is 0 Å². The van der Waals surface area contributed by atoms with Crippen LogP contribution in [0, 0.1) is 0 Å². The van der Waals surface area contributed by atoms with Crippen molar-refractivity contribution >= 4 is 17.1 Å². The highest BCUT2D eigenvalue weighted by Crippen LogP contribution is 2.25. The molecule has 3 N–H and O–H groups in total. The topological polar surface area (TPSA) is 50.5 Å². The molecule has 1 aromatic carbocycles. The summed E-state index contributed by atoms with van der Waals surface area (Å²) < 4.78 is 5.31. The van der Waals surface area contributed by atoms with Gasteiger partial charge in [0, 0.05) is 25.8 Å². The van der Waals surface area contributed by atoms with E-state index in [0.29, 0.717) is 0 Å². The van der Waals surface area contributed by atoms with Crippen LogP contribution in [-0.4, -0.2) is 33.4 Å². The van der Waals surface area contributed by atoms with Crippen LogP contribution >= 0.6 is 0 Å². The average molecular weight is 207 g/mol. The fourth-order valence-electron chi connectivity index (χ4n) is 1.80. The van der Waals surface area contributed by atoms with Crippen LogP contribution in [0.15, 0.2) is 18.2 Å². The van der Waals surface area contributed by atoms with Gasteiger partial charge in [-0.1, -0.05) is 0 Å². The lowest BCUT2D eigenvalue weighted by Gasteiger charge is -2.29. The summed E-state index contributed by atoms with van der Waals surface area (Å²) in [5.41, 5.74) is 8.87. The molecule has 0 unspecified atom stereocenters. The number of nitrogens with one attached hydrogen (secondary N) is 1. The molecule has 15 heavy (non-hydrogen) atoms. The Bertz CT molecular complexity index is 335. The SMILES string of the molecule is CNc1ccc(N2CCOCC2)cc1N. The van der Waals surface area contributed by atoms with Crippen molar-refractivity contribution in [3.05, 3.63) is 18.2 Å². The number of morpholine rings is 1. The highest BCUT2D eigenvalue weighted by molar-refractivity contribution is 5.71. The predicted molar refractivity (Wildman–Crippen MR) is 63.4 cm³/mol. The largest absolute Gasteiger partial charge is 0.397 e. The number of nitrogens with zero attached hydrogens (tertiary/aromatic N) is 1. The van der Waals surface area contributed by atoms with Crippen LogP contribution in [0.5, 0.6) is 0 Å². The van der Waals surface area contributed by atoms with Crippen molar-refractivity contribution in [3.8, 4) is 0 Å². The number of nitrogen functional groups attached to an aromatic ring is 1. The van der Waals surface area contributed by atoms with E-state index in [2.05, 4.69) is 16.3 Å². The van der Waals surface area contributed by atoms with Gasteiger partial charge in [0.2, 0.25) is 0 Å². The minimum Gasteiger partial charge on any atom is -0.397 e. The molecule has 2 rings (SSSR count). The first kappa shape index (κ1) is 10.1. The maximum atomic E-state index is 5.92. The summed E-state index contributed by atoms with van der Waals surface area (Å²) in [4.78, 5) is 2.29. The van der Waals surface area contributed by atoms with E-state index in [9.17, 15) is 0 Å². The highest BCUT2D eigenvalue weighted by Gasteiger charge is 2.11. The second-order valence-electron chi connectivity index (χ2n) is 3.62. The van der Waals surface area contributed by atoms with Crippen molar-refractivity contribution in [2.24, 2.45) is 0 Å². The molecule has 0 spiro atoms. The second-order valence-corrected chi connectivity index (χ2v) is 3.62. The van der Waals surface area contributed by atoms with E-state index in [1.807, 2.05) is 19.2 Å². The van der Waals surface area contributed by atoms with Crippen molar-refractivity contribution in [2.45, 2.75) is 0 Å². The Hall–Kier alpha value is -1.42. The van der Waals surface area contributed by atoms with Gasteiger partial charge >= 0.3 is 0 Å². The second kappa shape index (κ2) is 4.40. The maximum absolute atomic E-state index is 5.92. The molecule has 1 heterocycles. The quantitative estimate of drug-likeness (QED) is 0.714. The molecule has 0 aliphatic carbocycles. The zero-order chi connectivity index (χ0) is 10.7. The molecule has 0 radical (unpaired) electrons. The minimum absolute atomic E-state index is 0.793. The standard InChI is InChI=1S/C11H17N3O/c1-13-11-3-2-9(8-10(11)12)14-4-6-15-7-5-14/h2-3,8,13H,4-7,12H2,1H3. The van der Waals surface area contributed by atoms with Crippen LogP contribution in [0.4, 0.5) is 17.1 Å². The van der Waals surface area contributed by atoms with E-state index < -0.39 is 0 Å². The molecule has 0 atom stereocenters. The normalized spacial score (nSPS) is 16.5. The van der Waals surface area contributed by atoms with Gasteiger partial charge in [0.1, 0.15) is 0 Å². The molecule has 1 aliphatic rings. The number of hydrogen-bond acceptors (Lipinski definition) is 4. The molecule has 1 saturated heterocycles. The zero-order valence-electron chi connectivity index (χ0n) is 8.99. The molecule has 1 aliphatic heterocycles. The Labute approximate surface area is 90.0 Å². The summed E-state index contributed by atoms with van der Waals surface area (Å²) >= 11 is 0. The van der Waals surface area contributed by atoms with Gasteiger partial charge < -0.3 is 20.7 Å². The van der Waals surface area contributed by atoms with Crippen LogP contribution < -0.4 is 16.0 Å². The molecule has 0 bridgehead atoms. The van der Waals surface area contributed by atoms with Crippen molar-refractivity contribution in [2.75, 3.05) is 49.3 Å². The number of hydrogen-bond donors (Lipinski definition) is 2. The van der Waals surface area contributed by atoms with Crippen LogP contribution in [-0.2, 0) is 4.74 Å². The third kappa shape index (κ3) is 2.15. The van der Waals surface area contributed by atoms with E-state index in [1.54, 1.807) is 0 Å². The van der Waals surface area contributed by atoms with Gasteiger partial charge in [0.15, 0.2) is 0 Å². The van der Waals surface area contributed by atoms with E-state index in [-0.39, 0.29) is 0 Å². The Kier molecular flexibility index (Phi) is 2.97. The van der Waals surface area contributed by atoms with Gasteiger partial charge in [-0.05, 0) is 18.2 Å². The van der Waals surface area contributed by atoms with Crippen LogP contribution in [0.2, 0.25) is 0 Å². The monoisotopic (exact) mass is 207 g/mol. The Morgan fingerprint density at radius 1 is 1.33 bits per heavy atom. The fourth-order valence-corrected chi connectivity index (χ4v) is 1.80. The maximum Gasteiger partial charge on any atom is 0.0642 e. The minimum atomic E-state index is 0.793. The lowest BCUT2D eigenvalue weighted by atomic mass is 10.2. The lowest BCUT2D eigenvalue weighted by molar-refractivity contribution is 0.122. The molecule has 0 saturated carbocycles. The van der Waals surface area contributed by atoms with Crippen molar-refractivity contribution < 1.29 is 4.74 Å². The molecule has 1 fully saturated rings. The summed E-state index contributed by atoms with van der Waals surface area (Å²) in [6, 6.07) is 6.12. The van der Waals surface area contributed by atoms with Crippen LogP contribution in [0.3, 0.4) is 0 Å². The van der Waals surface area contributed by atoms with Crippen LogP contribution in [0.1, 0.15) is 0 Å². The Morgan fingerprint density at radius 2 is 2.07 bits per heavy atom. The van der Waals surface area contributed by atoms with Gasteiger partial charge in [0.05, 0.1) is 24.6 Å². The van der Waals surface area contributed by atoms with Crippen molar-refractivity contribution in [1.82, 2.24) is 0 Å². The summed E-state index contributed by atoms with van der Waals surface area (Å²) in [5, 5.41) is 3.06. The van der Waals surface area contributed by atoms with Gasteiger partial charge in [-0.15, -0.1) is 0 Å². The molecular formula is C11H17N3O. The van der Waals surface area contributed by atoms with E-state index in [0.717, 1.165) is 37.7 Å². The fraction of sp³-hybridized carbons (Fsp3) is 0.455. The molecule has 1 aromatic rings. The molecule has 0 aromatic heterocycles. The number of anilines is 3. The molecule has 82 valence electrons. The molecule has 4 nitrogen and oxygen atoms in total. The summed E-state index contributed by atoms with van der Waals surface area (Å²) in [7, 11) is 1.88. The lowest BCUT2D eigenvalue weighted by Crippen LogP contribution is -2.36. The summed E-state index contributed by atoms with van der Waals surface area (Å²) in [6.45, 7) is 3.48. The van der Waals surface area contributed by atoms with Gasteiger partial charge in [-0.3, -0.25) is 0 Å². The van der Waals surface area contributed by atoms with Gasteiger partial charge in [0.25, 0.3) is 0 Å². The molecule has 0 amide bonds. The number of benzene rings is 1. The first-order valence-electron chi connectivity index (χ1n) is 5.21. The Balaban J connectivity index is 2.17. The molecule has 4 heteroatoms. The predicted octanol–water partition coefficient (Wildman–Crippen LogP) is 1.15. The van der Waals surface area contributed by atoms with Gasteiger partial charge in [-0.25, -0.2) is 0 Å². The average Bonchev–Trinajstić information content (AvgIpc) is 2.30. The summed E-state index contributed by atoms with van der Waals surface area (Å²) in [6.07, 6.45) is 0. The number of ether oxygens (including phenoxy) is 1. The van der Waals surface area contributed by atoms with Crippen molar-refractivity contribution in [3.63, 3.8) is 0 Å². The number of nitrogens with two attached hydrogens (primary N) is 1. The van der Waals surface area contributed by atoms with Crippen molar-refractivity contribution in [1.29, 1.82) is 0 Å². The zero-order valence-corrected chi connectivity index (χ0v) is 8.99. The first-order chi connectivity index (χ1) is 7.31. The third-order valence-electron chi connectivity index (χ3n) is 2.68. The third-order valence-corrected chi connectivity index (χ3v) is 2.68. The highest BCUT2D eigenvalue weighted by atomic mass is 16.5. The smallest absolute Gasteiger partial charge is 0.0642 e. The Morgan fingerprint density at radius 3 is 2.67 bits per heavy atom. The molecular weight excluding hydrogens is 190 g/mol. The summed E-state index contributed by atoms with van der Waals surface area (Å²) in [5.74, 6) is 0. The van der Waals surface area contributed by atoms with E-state index >= 15 is 0 Å². The van der Waals surface area contributed by atoms with E-state index in [1.165, 1.54) is 5.69 Å². The number of rotatable bonds is 2. The first-order valence-corrected chi connectivity index (χ1v) is 5.21. The van der Waals surface area contributed by atoms with Crippen LogP contribution in [0.25, 0.3) is 0 Å².